The molecule has 0 heterocycles. The van der Waals surface area contributed by atoms with Crippen LogP contribution in [0.25, 0.3) is 0 Å². The average Bonchev–Trinajstić information content (AvgIpc) is 2.41. The Morgan fingerprint density at radius 1 is 1.19 bits per heavy atom. The number of para-hydroxylation sites is 1. The summed E-state index contributed by atoms with van der Waals surface area (Å²) in [5.41, 5.74) is 0.803. The molecule has 6 heteroatoms. The number of anilines is 1. The van der Waals surface area contributed by atoms with Gasteiger partial charge in [0.2, 0.25) is 15.9 Å². The topological polar surface area (TPSA) is 57.7 Å². The number of benzene rings is 1. The predicted molar refractivity (Wildman–Crippen MR) is 85.7 cm³/mol. The molecule has 0 N–H and O–H groups in total. The van der Waals surface area contributed by atoms with Gasteiger partial charge in [-0.15, -0.1) is 0 Å². The summed E-state index contributed by atoms with van der Waals surface area (Å²) >= 11 is 0. The zero-order valence-corrected chi connectivity index (χ0v) is 13.9. The second-order valence-electron chi connectivity index (χ2n) is 5.55. The van der Waals surface area contributed by atoms with Gasteiger partial charge >= 0.3 is 0 Å². The highest BCUT2D eigenvalue weighted by Gasteiger charge is 2.20. The first-order valence-electron chi connectivity index (χ1n) is 6.98. The van der Waals surface area contributed by atoms with Gasteiger partial charge < -0.3 is 4.90 Å². The molecule has 5 nitrogen and oxygen atoms in total. The fourth-order valence-corrected chi connectivity index (χ4v) is 2.98. The van der Waals surface area contributed by atoms with Crippen molar-refractivity contribution in [2.75, 3.05) is 31.3 Å². The molecule has 0 saturated carbocycles. The Hall–Kier alpha value is -1.40. The van der Waals surface area contributed by atoms with Crippen LogP contribution < -0.4 is 4.90 Å². The van der Waals surface area contributed by atoms with Crippen LogP contribution >= 0.6 is 0 Å². The van der Waals surface area contributed by atoms with Gasteiger partial charge in [-0.05, 0) is 18.1 Å². The highest BCUT2D eigenvalue weighted by atomic mass is 32.2. The molecular formula is C15H24N2O3S. The molecule has 1 aromatic rings. The number of rotatable bonds is 7. The highest BCUT2D eigenvalue weighted by molar-refractivity contribution is 7.88. The van der Waals surface area contributed by atoms with Crippen LogP contribution in [0.5, 0.6) is 0 Å². The lowest BCUT2D eigenvalue weighted by Crippen LogP contribution is -2.37. The van der Waals surface area contributed by atoms with Crippen LogP contribution in [0.3, 0.4) is 0 Å². The van der Waals surface area contributed by atoms with E-state index >= 15 is 0 Å². The third kappa shape index (κ3) is 5.85. The zero-order valence-electron chi connectivity index (χ0n) is 13.1. The molecule has 0 aromatic heterocycles. The Morgan fingerprint density at radius 2 is 1.76 bits per heavy atom. The summed E-state index contributed by atoms with van der Waals surface area (Å²) in [7, 11) is -1.58. The number of carbonyl (C=O) groups is 1. The van der Waals surface area contributed by atoms with Crippen molar-refractivity contribution in [2.24, 2.45) is 5.92 Å². The first-order valence-corrected chi connectivity index (χ1v) is 8.83. The molecule has 0 unspecified atom stereocenters. The molecule has 1 amide bonds. The number of sulfonamides is 1. The van der Waals surface area contributed by atoms with Gasteiger partial charge in [0.15, 0.2) is 0 Å². The molecule has 21 heavy (non-hydrogen) atoms. The van der Waals surface area contributed by atoms with E-state index in [0.717, 1.165) is 5.69 Å². The molecule has 0 aliphatic heterocycles. The smallest absolute Gasteiger partial charge is 0.228 e. The summed E-state index contributed by atoms with van der Waals surface area (Å²) in [4.78, 5) is 13.7. The molecule has 1 rings (SSSR count). The number of amides is 1. The third-order valence-corrected chi connectivity index (χ3v) is 4.40. The molecule has 0 radical (unpaired) electrons. The lowest BCUT2D eigenvalue weighted by atomic mass is 10.2. The summed E-state index contributed by atoms with van der Waals surface area (Å²) in [6, 6.07) is 9.30. The summed E-state index contributed by atoms with van der Waals surface area (Å²) in [6.45, 7) is 4.56. The van der Waals surface area contributed by atoms with E-state index in [0.29, 0.717) is 6.54 Å². The molecule has 0 fully saturated rings. The second-order valence-corrected chi connectivity index (χ2v) is 7.54. The Labute approximate surface area is 127 Å². The lowest BCUT2D eigenvalue weighted by molar-refractivity contribution is -0.118. The van der Waals surface area contributed by atoms with E-state index in [1.807, 2.05) is 44.2 Å². The van der Waals surface area contributed by atoms with E-state index in [1.54, 1.807) is 11.9 Å². The van der Waals surface area contributed by atoms with E-state index in [-0.39, 0.29) is 24.8 Å². The van der Waals surface area contributed by atoms with Crippen LogP contribution in [-0.2, 0) is 14.8 Å². The van der Waals surface area contributed by atoms with Crippen molar-refractivity contribution >= 4 is 21.6 Å². The maximum Gasteiger partial charge on any atom is 0.228 e. The van der Waals surface area contributed by atoms with Gasteiger partial charge in [-0.2, -0.15) is 0 Å². The van der Waals surface area contributed by atoms with Gasteiger partial charge in [0.1, 0.15) is 0 Å². The van der Waals surface area contributed by atoms with Crippen LogP contribution in [-0.4, -0.2) is 45.0 Å². The van der Waals surface area contributed by atoms with Crippen LogP contribution in [0.4, 0.5) is 5.69 Å². The molecule has 0 saturated heterocycles. The SMILES string of the molecule is CC(C)CN(CCC(=O)N(C)c1ccccc1)S(C)(=O)=O. The largest absolute Gasteiger partial charge is 0.315 e. The van der Waals surface area contributed by atoms with Crippen molar-refractivity contribution in [2.45, 2.75) is 20.3 Å². The van der Waals surface area contributed by atoms with Crippen LogP contribution in [0.1, 0.15) is 20.3 Å². The van der Waals surface area contributed by atoms with Crippen molar-refractivity contribution in [3.05, 3.63) is 30.3 Å². The normalized spacial score (nSPS) is 11.9. The van der Waals surface area contributed by atoms with Crippen molar-refractivity contribution in [3.8, 4) is 0 Å². The molecule has 0 aliphatic carbocycles. The molecule has 118 valence electrons. The second kappa shape index (κ2) is 7.56. The quantitative estimate of drug-likeness (QED) is 0.773. The molecule has 1 aromatic carbocycles. The Kier molecular flexibility index (Phi) is 6.36. The van der Waals surface area contributed by atoms with E-state index in [9.17, 15) is 13.2 Å². The van der Waals surface area contributed by atoms with Crippen LogP contribution in [0.15, 0.2) is 30.3 Å². The Morgan fingerprint density at radius 3 is 2.24 bits per heavy atom. The van der Waals surface area contributed by atoms with Crippen LogP contribution in [0.2, 0.25) is 0 Å². The summed E-state index contributed by atoms with van der Waals surface area (Å²) in [5.74, 6) is 0.125. The minimum atomic E-state index is -3.28. The highest BCUT2D eigenvalue weighted by Crippen LogP contribution is 2.13. The monoisotopic (exact) mass is 312 g/mol. The van der Waals surface area contributed by atoms with E-state index in [4.69, 9.17) is 0 Å². The Balaban J connectivity index is 2.65. The van der Waals surface area contributed by atoms with E-state index in [1.165, 1.54) is 10.6 Å². The fraction of sp³-hybridized carbons (Fsp3) is 0.533. The van der Waals surface area contributed by atoms with Crippen molar-refractivity contribution in [1.82, 2.24) is 4.31 Å². The number of nitrogens with zero attached hydrogens (tertiary/aromatic N) is 2. The Bertz CT molecular complexity index is 556. The van der Waals surface area contributed by atoms with Crippen molar-refractivity contribution < 1.29 is 13.2 Å². The van der Waals surface area contributed by atoms with Gasteiger partial charge in [-0.25, -0.2) is 12.7 Å². The summed E-state index contributed by atoms with van der Waals surface area (Å²) < 4.78 is 24.8. The van der Waals surface area contributed by atoms with Crippen LogP contribution in [0, 0.1) is 5.92 Å². The number of hydrogen-bond donors (Lipinski definition) is 0. The maximum absolute atomic E-state index is 12.2. The average molecular weight is 312 g/mol. The number of hydrogen-bond acceptors (Lipinski definition) is 3. The van der Waals surface area contributed by atoms with E-state index < -0.39 is 10.0 Å². The molecule has 0 spiro atoms. The first kappa shape index (κ1) is 17.7. The van der Waals surface area contributed by atoms with Gasteiger partial charge in [0.25, 0.3) is 0 Å². The molecule has 0 aliphatic rings. The van der Waals surface area contributed by atoms with Gasteiger partial charge in [0, 0.05) is 32.2 Å². The number of carbonyl (C=O) groups excluding carboxylic acids is 1. The predicted octanol–water partition coefficient (Wildman–Crippen LogP) is 1.96. The summed E-state index contributed by atoms with van der Waals surface area (Å²) in [5, 5.41) is 0. The van der Waals surface area contributed by atoms with Gasteiger partial charge in [-0.3, -0.25) is 4.79 Å². The standard InChI is InChI=1S/C15H24N2O3S/c1-13(2)12-17(21(4,19)20)11-10-15(18)16(3)14-8-6-5-7-9-14/h5-9,13H,10-12H2,1-4H3. The third-order valence-electron chi connectivity index (χ3n) is 3.13. The minimum absolute atomic E-state index is 0.0985. The summed E-state index contributed by atoms with van der Waals surface area (Å²) in [6.07, 6.45) is 1.35. The maximum atomic E-state index is 12.2. The minimum Gasteiger partial charge on any atom is -0.315 e. The molecule has 0 atom stereocenters. The van der Waals surface area contributed by atoms with Gasteiger partial charge in [0.05, 0.1) is 6.26 Å². The van der Waals surface area contributed by atoms with E-state index in [2.05, 4.69) is 0 Å². The van der Waals surface area contributed by atoms with Crippen molar-refractivity contribution in [1.29, 1.82) is 0 Å². The first-order chi connectivity index (χ1) is 9.71. The fourth-order valence-electron chi connectivity index (χ4n) is 1.98. The van der Waals surface area contributed by atoms with Gasteiger partial charge in [-0.1, -0.05) is 32.0 Å². The molecular weight excluding hydrogens is 288 g/mol. The zero-order chi connectivity index (χ0) is 16.0. The molecule has 0 bridgehead atoms. The lowest BCUT2D eigenvalue weighted by Gasteiger charge is -2.23. The van der Waals surface area contributed by atoms with Crippen molar-refractivity contribution in [3.63, 3.8) is 0 Å².